The summed E-state index contributed by atoms with van der Waals surface area (Å²) < 4.78 is 5.24. The molecule has 1 atom stereocenters. The summed E-state index contributed by atoms with van der Waals surface area (Å²) in [7, 11) is 5.68. The average molecular weight is 410 g/mol. The van der Waals surface area contributed by atoms with Gasteiger partial charge in [0, 0.05) is 18.5 Å². The normalized spacial score (nSPS) is 18.3. The standard InChI is InChI=1S/C24H28N2O4/c1-16-15-18(30-4)11-12-19(16)22(27)20-21(17-9-6-5-7-10-17)26(24(29)23(20)28)14-8-13-25(2)3/h5-7,9-12,15,21,27H,8,13-14H2,1-4H3/p+1/t21-/m1/s1. The molecule has 30 heavy (non-hydrogen) atoms. The van der Waals surface area contributed by atoms with Crippen molar-refractivity contribution in [1.29, 1.82) is 0 Å². The van der Waals surface area contributed by atoms with E-state index in [9.17, 15) is 14.7 Å². The predicted octanol–water partition coefficient (Wildman–Crippen LogP) is 1.96. The van der Waals surface area contributed by atoms with E-state index < -0.39 is 17.7 Å². The largest absolute Gasteiger partial charge is 0.507 e. The van der Waals surface area contributed by atoms with E-state index in [0.29, 0.717) is 17.9 Å². The van der Waals surface area contributed by atoms with Crippen molar-refractivity contribution in [3.63, 3.8) is 0 Å². The summed E-state index contributed by atoms with van der Waals surface area (Å²) in [4.78, 5) is 28.8. The van der Waals surface area contributed by atoms with Gasteiger partial charge in [0.25, 0.3) is 11.7 Å². The zero-order valence-electron chi connectivity index (χ0n) is 17.9. The van der Waals surface area contributed by atoms with Crippen molar-refractivity contribution in [1.82, 2.24) is 4.90 Å². The summed E-state index contributed by atoms with van der Waals surface area (Å²) in [5, 5.41) is 11.2. The van der Waals surface area contributed by atoms with Crippen LogP contribution in [0.3, 0.4) is 0 Å². The third-order valence-corrected chi connectivity index (χ3v) is 5.42. The highest BCUT2D eigenvalue weighted by molar-refractivity contribution is 6.46. The van der Waals surface area contributed by atoms with Crippen molar-refractivity contribution in [2.45, 2.75) is 19.4 Å². The molecule has 0 spiro atoms. The van der Waals surface area contributed by atoms with Crippen LogP contribution < -0.4 is 9.64 Å². The number of hydrogen-bond donors (Lipinski definition) is 2. The molecule has 1 heterocycles. The van der Waals surface area contributed by atoms with Crippen molar-refractivity contribution >= 4 is 17.4 Å². The van der Waals surface area contributed by atoms with Crippen LogP contribution in [0.2, 0.25) is 0 Å². The first kappa shape index (κ1) is 21.6. The minimum absolute atomic E-state index is 0.136. The zero-order valence-corrected chi connectivity index (χ0v) is 17.9. The maximum atomic E-state index is 13.0. The number of aliphatic hydroxyl groups is 1. The van der Waals surface area contributed by atoms with E-state index >= 15 is 0 Å². The highest BCUT2D eigenvalue weighted by Gasteiger charge is 2.45. The Kier molecular flexibility index (Phi) is 6.57. The maximum Gasteiger partial charge on any atom is 0.295 e. The number of aliphatic hydroxyl groups excluding tert-OH is 1. The van der Waals surface area contributed by atoms with Gasteiger partial charge in [-0.25, -0.2) is 0 Å². The van der Waals surface area contributed by atoms with Crippen LogP contribution in [-0.4, -0.2) is 56.0 Å². The molecule has 158 valence electrons. The maximum absolute atomic E-state index is 13.0. The SMILES string of the molecule is COc1ccc(C(O)=C2C(=O)C(=O)N(CCC[NH+](C)C)[C@@H]2c2ccccc2)c(C)c1. The number of rotatable bonds is 7. The molecule has 2 N–H and O–H groups in total. The third-order valence-electron chi connectivity index (χ3n) is 5.42. The first-order valence-electron chi connectivity index (χ1n) is 10.1. The van der Waals surface area contributed by atoms with E-state index in [1.165, 1.54) is 4.90 Å². The van der Waals surface area contributed by atoms with Crippen LogP contribution in [0.1, 0.15) is 29.2 Å². The molecule has 0 aliphatic carbocycles. The van der Waals surface area contributed by atoms with Crippen LogP contribution in [-0.2, 0) is 9.59 Å². The number of carbonyl (C=O) groups excluding carboxylic acids is 2. The molecule has 2 aromatic carbocycles. The molecule has 6 heteroatoms. The summed E-state index contributed by atoms with van der Waals surface area (Å²) in [6.45, 7) is 3.17. The molecule has 1 amide bonds. The topological polar surface area (TPSA) is 71.3 Å². The monoisotopic (exact) mass is 409 g/mol. The van der Waals surface area contributed by atoms with Crippen molar-refractivity contribution < 1.29 is 24.3 Å². The van der Waals surface area contributed by atoms with E-state index in [1.807, 2.05) is 37.3 Å². The van der Waals surface area contributed by atoms with E-state index in [2.05, 4.69) is 14.1 Å². The van der Waals surface area contributed by atoms with Gasteiger partial charge in [-0.15, -0.1) is 0 Å². The summed E-state index contributed by atoms with van der Waals surface area (Å²) in [5.41, 5.74) is 2.23. The Morgan fingerprint density at radius 1 is 1.13 bits per heavy atom. The Morgan fingerprint density at radius 2 is 1.83 bits per heavy atom. The Hall–Kier alpha value is -3.12. The highest BCUT2D eigenvalue weighted by atomic mass is 16.5. The van der Waals surface area contributed by atoms with Crippen molar-refractivity contribution in [2.75, 3.05) is 34.3 Å². The van der Waals surface area contributed by atoms with Gasteiger partial charge in [-0.2, -0.15) is 0 Å². The number of methoxy groups -OCH3 is 1. The number of amides is 1. The fraction of sp³-hybridized carbons (Fsp3) is 0.333. The van der Waals surface area contributed by atoms with Gasteiger partial charge in [0.2, 0.25) is 0 Å². The molecule has 1 fully saturated rings. The molecular weight excluding hydrogens is 380 g/mol. The lowest BCUT2D eigenvalue weighted by Crippen LogP contribution is -3.05. The number of ether oxygens (including phenoxy) is 1. The van der Waals surface area contributed by atoms with Crippen LogP contribution in [0.15, 0.2) is 54.1 Å². The van der Waals surface area contributed by atoms with Crippen LogP contribution >= 0.6 is 0 Å². The molecule has 6 nitrogen and oxygen atoms in total. The number of aryl methyl sites for hydroxylation is 1. The lowest BCUT2D eigenvalue weighted by atomic mass is 9.94. The quantitative estimate of drug-likeness (QED) is 0.417. The van der Waals surface area contributed by atoms with Gasteiger partial charge < -0.3 is 19.6 Å². The Labute approximate surface area is 177 Å². The second-order valence-electron chi connectivity index (χ2n) is 7.89. The smallest absolute Gasteiger partial charge is 0.295 e. The highest BCUT2D eigenvalue weighted by Crippen LogP contribution is 2.40. The average Bonchev–Trinajstić information content (AvgIpc) is 2.98. The first-order chi connectivity index (χ1) is 14.3. The number of Topliss-reactive ketones (excluding diaryl/α,β-unsaturated/α-hetero) is 1. The Morgan fingerprint density at radius 3 is 2.43 bits per heavy atom. The van der Waals surface area contributed by atoms with E-state index in [1.54, 1.807) is 30.2 Å². The predicted molar refractivity (Wildman–Crippen MR) is 115 cm³/mol. The number of benzene rings is 2. The van der Waals surface area contributed by atoms with Crippen molar-refractivity contribution in [3.8, 4) is 5.75 Å². The molecule has 1 aliphatic rings. The second kappa shape index (κ2) is 9.13. The van der Waals surface area contributed by atoms with Crippen LogP contribution in [0.4, 0.5) is 0 Å². The van der Waals surface area contributed by atoms with Gasteiger partial charge >= 0.3 is 0 Å². The number of carbonyl (C=O) groups is 2. The number of nitrogens with zero attached hydrogens (tertiary/aromatic N) is 1. The first-order valence-corrected chi connectivity index (χ1v) is 10.1. The second-order valence-corrected chi connectivity index (χ2v) is 7.89. The molecular formula is C24H29N2O4+. The lowest BCUT2D eigenvalue weighted by molar-refractivity contribution is -0.858. The Bertz CT molecular complexity index is 966. The fourth-order valence-corrected chi connectivity index (χ4v) is 3.87. The molecule has 1 saturated heterocycles. The number of ketones is 1. The van der Waals surface area contributed by atoms with Crippen LogP contribution in [0.5, 0.6) is 5.75 Å². The number of likely N-dealkylation sites (tertiary alicyclic amines) is 1. The minimum Gasteiger partial charge on any atom is -0.507 e. The molecule has 2 aromatic rings. The van der Waals surface area contributed by atoms with Crippen molar-refractivity contribution in [2.24, 2.45) is 0 Å². The van der Waals surface area contributed by atoms with Gasteiger partial charge in [0.05, 0.1) is 39.4 Å². The lowest BCUT2D eigenvalue weighted by Gasteiger charge is -2.25. The molecule has 3 rings (SSSR count). The van der Waals surface area contributed by atoms with E-state index in [4.69, 9.17) is 4.74 Å². The minimum atomic E-state index is -0.645. The molecule has 0 unspecified atom stereocenters. The summed E-state index contributed by atoms with van der Waals surface area (Å²) >= 11 is 0. The van der Waals surface area contributed by atoms with Gasteiger partial charge in [-0.05, 0) is 36.2 Å². The fourth-order valence-electron chi connectivity index (χ4n) is 3.87. The summed E-state index contributed by atoms with van der Waals surface area (Å²) in [6, 6.07) is 14.0. The van der Waals surface area contributed by atoms with Gasteiger partial charge in [-0.3, -0.25) is 9.59 Å². The van der Waals surface area contributed by atoms with Crippen LogP contribution in [0, 0.1) is 6.92 Å². The molecule has 1 aliphatic heterocycles. The zero-order chi connectivity index (χ0) is 21.8. The molecule has 0 radical (unpaired) electrons. The number of hydrogen-bond acceptors (Lipinski definition) is 4. The van der Waals surface area contributed by atoms with E-state index in [-0.39, 0.29) is 11.3 Å². The Balaban J connectivity index is 2.09. The van der Waals surface area contributed by atoms with Gasteiger partial charge in [0.15, 0.2) is 0 Å². The summed E-state index contributed by atoms with van der Waals surface area (Å²) in [5.74, 6) is -0.697. The van der Waals surface area contributed by atoms with Gasteiger partial charge in [-0.1, -0.05) is 30.3 Å². The third kappa shape index (κ3) is 4.24. The van der Waals surface area contributed by atoms with E-state index in [0.717, 1.165) is 24.1 Å². The number of nitrogens with one attached hydrogen (secondary N) is 1. The van der Waals surface area contributed by atoms with Crippen LogP contribution in [0.25, 0.3) is 5.76 Å². The van der Waals surface area contributed by atoms with Crippen molar-refractivity contribution in [3.05, 3.63) is 70.8 Å². The number of quaternary nitrogens is 1. The van der Waals surface area contributed by atoms with Gasteiger partial charge in [0.1, 0.15) is 11.5 Å². The molecule has 0 aromatic heterocycles. The molecule has 0 saturated carbocycles. The molecule has 0 bridgehead atoms. The summed E-state index contributed by atoms with van der Waals surface area (Å²) in [6.07, 6.45) is 0.764.